The van der Waals surface area contributed by atoms with Gasteiger partial charge >= 0.3 is 0 Å². The van der Waals surface area contributed by atoms with Crippen LogP contribution in [0.15, 0.2) is 6.07 Å². The van der Waals surface area contributed by atoms with Crippen LogP contribution in [0, 0.1) is 6.92 Å². The van der Waals surface area contributed by atoms with E-state index in [-0.39, 0.29) is 11.6 Å². The van der Waals surface area contributed by atoms with Crippen LogP contribution < -0.4 is 0 Å². The van der Waals surface area contributed by atoms with Gasteiger partial charge in [-0.15, -0.1) is 0 Å². The van der Waals surface area contributed by atoms with Gasteiger partial charge in [0.05, 0.1) is 6.10 Å². The predicted molar refractivity (Wildman–Crippen MR) is 74.8 cm³/mol. The summed E-state index contributed by atoms with van der Waals surface area (Å²) in [4.78, 5) is 2.26. The van der Waals surface area contributed by atoms with Crippen molar-refractivity contribution in [2.75, 3.05) is 14.1 Å². The van der Waals surface area contributed by atoms with Gasteiger partial charge in [-0.25, -0.2) is 0 Å². The number of nitrogens with zero attached hydrogens (tertiary/aromatic N) is 2. The molecule has 3 nitrogen and oxygen atoms in total. The number of fused-ring (bicyclic) bond motifs is 1. The Morgan fingerprint density at radius 1 is 1.44 bits per heavy atom. The van der Waals surface area contributed by atoms with Gasteiger partial charge < -0.3 is 14.6 Å². The molecule has 0 bridgehead atoms. The molecule has 102 valence electrons. The Morgan fingerprint density at radius 3 is 2.72 bits per heavy atom. The van der Waals surface area contributed by atoms with Crippen LogP contribution in [-0.4, -0.2) is 34.2 Å². The van der Waals surface area contributed by atoms with E-state index >= 15 is 0 Å². The largest absolute Gasteiger partial charge is 0.388 e. The second-order valence-corrected chi connectivity index (χ2v) is 6.39. The molecule has 0 spiro atoms. The summed E-state index contributed by atoms with van der Waals surface area (Å²) in [5.74, 6) is 0. The fourth-order valence-corrected chi connectivity index (χ4v) is 2.69. The monoisotopic (exact) mass is 250 g/mol. The third-order valence-electron chi connectivity index (χ3n) is 4.46. The first-order valence-corrected chi connectivity index (χ1v) is 6.87. The highest BCUT2D eigenvalue weighted by atomic mass is 16.3. The Balaban J connectivity index is 2.34. The summed E-state index contributed by atoms with van der Waals surface area (Å²) in [7, 11) is 4.25. The summed E-state index contributed by atoms with van der Waals surface area (Å²) in [6.07, 6.45) is 2.85. The van der Waals surface area contributed by atoms with E-state index in [2.05, 4.69) is 50.4 Å². The van der Waals surface area contributed by atoms with E-state index in [0.29, 0.717) is 0 Å². The number of hydrogen-bond acceptors (Lipinski definition) is 2. The highest BCUT2D eigenvalue weighted by molar-refractivity contribution is 5.32. The summed E-state index contributed by atoms with van der Waals surface area (Å²) in [5.41, 5.74) is 3.91. The number of rotatable bonds is 3. The van der Waals surface area contributed by atoms with Crippen molar-refractivity contribution < 1.29 is 5.11 Å². The lowest BCUT2D eigenvalue weighted by atomic mass is 9.95. The van der Waals surface area contributed by atoms with Crippen molar-refractivity contribution >= 4 is 0 Å². The molecule has 18 heavy (non-hydrogen) atoms. The van der Waals surface area contributed by atoms with Crippen LogP contribution in [0.4, 0.5) is 0 Å². The summed E-state index contributed by atoms with van der Waals surface area (Å²) < 4.78 is 2.40. The maximum atomic E-state index is 10.1. The summed E-state index contributed by atoms with van der Waals surface area (Å²) in [6.45, 7) is 7.65. The number of aliphatic hydroxyl groups excluding tert-OH is 1. The fourth-order valence-electron chi connectivity index (χ4n) is 2.69. The van der Waals surface area contributed by atoms with Crippen LogP contribution in [0.2, 0.25) is 0 Å². The third-order valence-corrected chi connectivity index (χ3v) is 4.46. The molecule has 1 N–H and O–H groups in total. The van der Waals surface area contributed by atoms with Gasteiger partial charge in [0.15, 0.2) is 0 Å². The van der Waals surface area contributed by atoms with Gasteiger partial charge in [-0.3, -0.25) is 0 Å². The maximum Gasteiger partial charge on any atom is 0.0807 e. The fraction of sp³-hybridized carbons (Fsp3) is 0.733. The van der Waals surface area contributed by atoms with E-state index in [1.807, 2.05) is 0 Å². The second-order valence-electron chi connectivity index (χ2n) is 6.39. The number of aryl methyl sites for hydroxylation is 1. The molecule has 1 aliphatic rings. The lowest BCUT2D eigenvalue weighted by Gasteiger charge is -2.34. The van der Waals surface area contributed by atoms with Crippen molar-refractivity contribution in [2.45, 2.75) is 58.2 Å². The van der Waals surface area contributed by atoms with Crippen molar-refractivity contribution in [1.29, 1.82) is 0 Å². The minimum atomic E-state index is -0.254. The van der Waals surface area contributed by atoms with E-state index in [4.69, 9.17) is 0 Å². The normalized spacial score (nSPS) is 20.3. The van der Waals surface area contributed by atoms with Crippen molar-refractivity contribution in [1.82, 2.24) is 9.47 Å². The maximum absolute atomic E-state index is 10.1. The van der Waals surface area contributed by atoms with Crippen LogP contribution in [0.5, 0.6) is 0 Å². The van der Waals surface area contributed by atoms with Crippen LogP contribution in [-0.2, 0) is 13.0 Å². The van der Waals surface area contributed by atoms with E-state index in [0.717, 1.165) is 31.4 Å². The average Bonchev–Trinajstić information content (AvgIpc) is 2.57. The first-order valence-electron chi connectivity index (χ1n) is 6.87. The van der Waals surface area contributed by atoms with Gasteiger partial charge in [0.1, 0.15) is 0 Å². The molecule has 0 fully saturated rings. The van der Waals surface area contributed by atoms with E-state index < -0.39 is 0 Å². The Labute approximate surface area is 110 Å². The molecule has 0 aromatic carbocycles. The van der Waals surface area contributed by atoms with Gasteiger partial charge in [-0.1, -0.05) is 0 Å². The van der Waals surface area contributed by atoms with E-state index in [1.165, 1.54) is 11.4 Å². The molecular formula is C15H26N2O. The minimum absolute atomic E-state index is 0.125. The first kappa shape index (κ1) is 13.6. The highest BCUT2D eigenvalue weighted by Crippen LogP contribution is 2.33. The number of aromatic nitrogens is 1. The van der Waals surface area contributed by atoms with Crippen LogP contribution in [0.25, 0.3) is 0 Å². The molecule has 0 amide bonds. The van der Waals surface area contributed by atoms with Gasteiger partial charge in [0, 0.05) is 29.0 Å². The minimum Gasteiger partial charge on any atom is -0.388 e. The van der Waals surface area contributed by atoms with Crippen molar-refractivity contribution in [2.24, 2.45) is 0 Å². The third kappa shape index (κ3) is 2.34. The molecule has 0 radical (unpaired) electrons. The standard InChI is InChI=1S/C15H26N2O/c1-11-9-12-13(7-6-8-14(12)18)17(11)10-15(2,3)16(4)5/h9,14,18H,6-8,10H2,1-5H3. The van der Waals surface area contributed by atoms with Gasteiger partial charge in [0.25, 0.3) is 0 Å². The molecule has 0 saturated carbocycles. The van der Waals surface area contributed by atoms with Crippen molar-refractivity contribution in [3.05, 3.63) is 23.0 Å². The number of likely N-dealkylation sites (N-methyl/N-ethyl adjacent to an activating group) is 1. The van der Waals surface area contributed by atoms with Crippen LogP contribution >= 0.6 is 0 Å². The van der Waals surface area contributed by atoms with Gasteiger partial charge in [-0.05, 0) is 60.2 Å². The number of hydrogen-bond donors (Lipinski definition) is 1. The topological polar surface area (TPSA) is 28.4 Å². The molecule has 3 heteroatoms. The molecule has 1 aliphatic carbocycles. The van der Waals surface area contributed by atoms with Crippen molar-refractivity contribution in [3.8, 4) is 0 Å². The first-order chi connectivity index (χ1) is 8.33. The molecule has 1 unspecified atom stereocenters. The molecular weight excluding hydrogens is 224 g/mol. The zero-order valence-corrected chi connectivity index (χ0v) is 12.3. The Bertz CT molecular complexity index is 432. The van der Waals surface area contributed by atoms with Crippen LogP contribution in [0.1, 0.15) is 49.7 Å². The Kier molecular flexibility index (Phi) is 3.56. The number of aliphatic hydroxyl groups is 1. The Morgan fingerprint density at radius 2 is 2.11 bits per heavy atom. The smallest absolute Gasteiger partial charge is 0.0807 e. The van der Waals surface area contributed by atoms with E-state index in [9.17, 15) is 5.11 Å². The SMILES string of the molecule is Cc1cc2c(n1CC(C)(C)N(C)C)CCCC2O. The van der Waals surface area contributed by atoms with E-state index in [1.54, 1.807) is 0 Å². The zero-order valence-electron chi connectivity index (χ0n) is 12.3. The van der Waals surface area contributed by atoms with Crippen LogP contribution in [0.3, 0.4) is 0 Å². The van der Waals surface area contributed by atoms with Gasteiger partial charge in [-0.2, -0.15) is 0 Å². The summed E-state index contributed by atoms with van der Waals surface area (Å²) >= 11 is 0. The summed E-state index contributed by atoms with van der Waals surface area (Å²) in [5, 5.41) is 10.1. The zero-order chi connectivity index (χ0) is 13.5. The molecule has 0 aliphatic heterocycles. The molecule has 1 atom stereocenters. The molecule has 1 aromatic rings. The summed E-state index contributed by atoms with van der Waals surface area (Å²) in [6, 6.07) is 2.17. The molecule has 0 saturated heterocycles. The molecule has 1 heterocycles. The predicted octanol–water partition coefficient (Wildman–Crippen LogP) is 2.51. The molecule has 2 rings (SSSR count). The van der Waals surface area contributed by atoms with Crippen molar-refractivity contribution in [3.63, 3.8) is 0 Å². The molecule has 1 aromatic heterocycles. The Hall–Kier alpha value is -0.800. The lowest BCUT2D eigenvalue weighted by Crippen LogP contribution is -2.42. The average molecular weight is 250 g/mol. The van der Waals surface area contributed by atoms with Gasteiger partial charge in [0.2, 0.25) is 0 Å². The quantitative estimate of drug-likeness (QED) is 0.893. The highest BCUT2D eigenvalue weighted by Gasteiger charge is 2.27. The lowest BCUT2D eigenvalue weighted by molar-refractivity contribution is 0.150. The second kappa shape index (κ2) is 4.71.